The maximum absolute atomic E-state index is 12.3. The van der Waals surface area contributed by atoms with Crippen LogP contribution < -0.4 is 4.74 Å². The minimum absolute atomic E-state index is 0.0949. The van der Waals surface area contributed by atoms with Crippen molar-refractivity contribution in [2.75, 3.05) is 0 Å². The summed E-state index contributed by atoms with van der Waals surface area (Å²) >= 11 is 3.32. The highest BCUT2D eigenvalue weighted by molar-refractivity contribution is 9.10. The lowest BCUT2D eigenvalue weighted by Gasteiger charge is -2.09. The van der Waals surface area contributed by atoms with E-state index in [2.05, 4.69) is 20.7 Å². The number of halogens is 3. The van der Waals surface area contributed by atoms with E-state index in [9.17, 15) is 13.6 Å². The Morgan fingerprint density at radius 1 is 1.15 bits per heavy atom. The van der Waals surface area contributed by atoms with Gasteiger partial charge in [-0.2, -0.15) is 8.78 Å². The number of hydrogen-bond acceptors (Lipinski definition) is 2. The van der Waals surface area contributed by atoms with Gasteiger partial charge in [0.15, 0.2) is 5.78 Å². The smallest absolute Gasteiger partial charge is 0.387 e. The highest BCUT2D eigenvalue weighted by Gasteiger charge is 2.15. The quantitative estimate of drug-likeness (QED) is 0.750. The van der Waals surface area contributed by atoms with Gasteiger partial charge < -0.3 is 4.74 Å². The second-order valence-electron chi connectivity index (χ2n) is 4.10. The van der Waals surface area contributed by atoms with Crippen LogP contribution in [0.3, 0.4) is 0 Å². The summed E-state index contributed by atoms with van der Waals surface area (Å²) in [5.74, 6) is -0.359. The Hall–Kier alpha value is -1.75. The van der Waals surface area contributed by atoms with Crippen LogP contribution in [0, 0.1) is 0 Å². The van der Waals surface area contributed by atoms with Gasteiger partial charge in [0.2, 0.25) is 0 Å². The predicted molar refractivity (Wildman–Crippen MR) is 75.3 cm³/mol. The molecule has 0 aromatic heterocycles. The van der Waals surface area contributed by atoms with Crippen molar-refractivity contribution >= 4 is 21.7 Å². The first-order chi connectivity index (χ1) is 9.56. The van der Waals surface area contributed by atoms with Crippen molar-refractivity contribution in [1.82, 2.24) is 0 Å². The summed E-state index contributed by atoms with van der Waals surface area (Å²) in [5, 5.41) is 0. The molecule has 2 aromatic carbocycles. The molecule has 2 aromatic rings. The monoisotopic (exact) mass is 340 g/mol. The maximum Gasteiger partial charge on any atom is 0.387 e. The molecule has 2 nitrogen and oxygen atoms in total. The van der Waals surface area contributed by atoms with Gasteiger partial charge in [0, 0.05) is 10.9 Å². The molecule has 0 spiro atoms. The van der Waals surface area contributed by atoms with Crippen LogP contribution in [0.2, 0.25) is 0 Å². The highest BCUT2D eigenvalue weighted by Crippen LogP contribution is 2.22. The van der Waals surface area contributed by atoms with E-state index >= 15 is 0 Å². The summed E-state index contributed by atoms with van der Waals surface area (Å²) in [5.41, 5.74) is 0.962. The number of para-hydroxylation sites is 1. The van der Waals surface area contributed by atoms with Crippen LogP contribution >= 0.6 is 15.9 Å². The van der Waals surface area contributed by atoms with E-state index in [1.165, 1.54) is 12.1 Å². The average molecular weight is 341 g/mol. The van der Waals surface area contributed by atoms with Crippen molar-refractivity contribution < 1.29 is 18.3 Å². The number of benzene rings is 2. The van der Waals surface area contributed by atoms with E-state index in [-0.39, 0.29) is 23.5 Å². The fraction of sp³-hybridized carbons (Fsp3) is 0.133. The summed E-state index contributed by atoms with van der Waals surface area (Å²) in [7, 11) is 0. The Kier molecular flexibility index (Phi) is 4.84. The molecule has 0 heterocycles. The molecule has 0 radical (unpaired) electrons. The van der Waals surface area contributed by atoms with Gasteiger partial charge in [-0.3, -0.25) is 4.79 Å². The molecule has 5 heteroatoms. The third-order valence-electron chi connectivity index (χ3n) is 2.66. The van der Waals surface area contributed by atoms with Crippen LogP contribution in [-0.4, -0.2) is 12.4 Å². The maximum atomic E-state index is 12.3. The summed E-state index contributed by atoms with van der Waals surface area (Å²) in [6.45, 7) is -2.95. The minimum atomic E-state index is -2.95. The van der Waals surface area contributed by atoms with Crippen LogP contribution in [0.4, 0.5) is 8.78 Å². The zero-order valence-electron chi connectivity index (χ0n) is 10.4. The molecule has 0 unspecified atom stereocenters. The molecule has 2 rings (SSSR count). The van der Waals surface area contributed by atoms with Crippen molar-refractivity contribution in [3.05, 3.63) is 64.1 Å². The van der Waals surface area contributed by atoms with E-state index in [4.69, 9.17) is 0 Å². The van der Waals surface area contributed by atoms with E-state index in [1.54, 1.807) is 18.2 Å². The molecule has 0 atom stereocenters. The van der Waals surface area contributed by atoms with Gasteiger partial charge in [0.1, 0.15) is 5.75 Å². The van der Waals surface area contributed by atoms with Crippen molar-refractivity contribution in [2.45, 2.75) is 13.0 Å². The van der Waals surface area contributed by atoms with Crippen LogP contribution in [0.25, 0.3) is 0 Å². The molecule has 0 saturated carbocycles. The van der Waals surface area contributed by atoms with Gasteiger partial charge in [0.05, 0.1) is 5.56 Å². The van der Waals surface area contributed by atoms with Crippen molar-refractivity contribution in [3.63, 3.8) is 0 Å². The second kappa shape index (κ2) is 6.61. The Bertz CT molecular complexity index is 614. The fourth-order valence-corrected chi connectivity index (χ4v) is 2.27. The molecule has 0 aliphatic carbocycles. The number of carbonyl (C=O) groups is 1. The number of hydrogen-bond donors (Lipinski definition) is 0. The lowest BCUT2D eigenvalue weighted by atomic mass is 10.0. The van der Waals surface area contributed by atoms with Gasteiger partial charge >= 0.3 is 6.61 Å². The largest absolute Gasteiger partial charge is 0.434 e. The van der Waals surface area contributed by atoms with Gasteiger partial charge in [-0.15, -0.1) is 0 Å². The molecule has 0 fully saturated rings. The topological polar surface area (TPSA) is 26.3 Å². The van der Waals surface area contributed by atoms with E-state index in [1.807, 2.05) is 18.2 Å². The van der Waals surface area contributed by atoms with Crippen LogP contribution in [0.5, 0.6) is 5.75 Å². The molecular weight excluding hydrogens is 330 g/mol. The lowest BCUT2D eigenvalue weighted by Crippen LogP contribution is -2.09. The van der Waals surface area contributed by atoms with Gasteiger partial charge in [-0.1, -0.05) is 40.2 Å². The van der Waals surface area contributed by atoms with Crippen LogP contribution in [0.1, 0.15) is 15.9 Å². The molecule has 0 aliphatic heterocycles. The second-order valence-corrected chi connectivity index (χ2v) is 5.02. The minimum Gasteiger partial charge on any atom is -0.434 e. The van der Waals surface area contributed by atoms with Crippen molar-refractivity contribution in [3.8, 4) is 5.75 Å². The molecule has 0 N–H and O–H groups in total. The van der Waals surface area contributed by atoms with Crippen molar-refractivity contribution in [1.29, 1.82) is 0 Å². The number of alkyl halides is 2. The van der Waals surface area contributed by atoms with Gasteiger partial charge in [-0.05, 0) is 29.8 Å². The first-order valence-electron chi connectivity index (χ1n) is 5.88. The average Bonchev–Trinajstić information content (AvgIpc) is 2.38. The van der Waals surface area contributed by atoms with E-state index in [0.29, 0.717) is 0 Å². The number of ketones is 1. The van der Waals surface area contributed by atoms with Crippen LogP contribution in [0.15, 0.2) is 53.0 Å². The first-order valence-corrected chi connectivity index (χ1v) is 6.67. The molecule has 0 saturated heterocycles. The molecule has 0 amide bonds. The zero-order valence-corrected chi connectivity index (χ0v) is 11.9. The van der Waals surface area contributed by atoms with Gasteiger partial charge in [-0.25, -0.2) is 0 Å². The fourth-order valence-electron chi connectivity index (χ4n) is 1.82. The van der Waals surface area contributed by atoms with Crippen molar-refractivity contribution in [2.24, 2.45) is 0 Å². The molecule has 20 heavy (non-hydrogen) atoms. The summed E-state index contributed by atoms with van der Waals surface area (Å²) < 4.78 is 29.8. The number of rotatable bonds is 5. The Balaban J connectivity index is 2.21. The zero-order chi connectivity index (χ0) is 14.5. The highest BCUT2D eigenvalue weighted by atomic mass is 79.9. The number of carbonyl (C=O) groups excluding carboxylic acids is 1. The summed E-state index contributed by atoms with van der Waals surface area (Å²) in [6.07, 6.45) is 0.128. The number of ether oxygens (including phenoxy) is 1. The molecular formula is C15H11BrF2O2. The molecule has 0 bridgehead atoms. The first kappa shape index (κ1) is 14.7. The third kappa shape index (κ3) is 3.87. The standard InChI is InChI=1S/C15H11BrF2O2/c16-11-5-3-4-10(8-11)9-13(19)12-6-1-2-7-14(12)20-15(17)18/h1-8,15H,9H2. The lowest BCUT2D eigenvalue weighted by molar-refractivity contribution is -0.0501. The molecule has 104 valence electrons. The Labute approximate surface area is 123 Å². The number of Topliss-reactive ketones (excluding diaryl/α,β-unsaturated/α-hetero) is 1. The SMILES string of the molecule is O=C(Cc1cccc(Br)c1)c1ccccc1OC(F)F. The summed E-state index contributed by atoms with van der Waals surface area (Å²) in [6, 6.07) is 13.3. The van der Waals surface area contributed by atoms with E-state index < -0.39 is 6.61 Å². The molecule has 0 aliphatic rings. The Morgan fingerprint density at radius 3 is 2.60 bits per heavy atom. The third-order valence-corrected chi connectivity index (χ3v) is 3.15. The Morgan fingerprint density at radius 2 is 1.90 bits per heavy atom. The predicted octanol–water partition coefficient (Wildman–Crippen LogP) is 4.48. The van der Waals surface area contributed by atoms with E-state index in [0.717, 1.165) is 10.0 Å². The van der Waals surface area contributed by atoms with Crippen LogP contribution in [-0.2, 0) is 6.42 Å². The summed E-state index contributed by atoms with van der Waals surface area (Å²) in [4.78, 5) is 12.2. The van der Waals surface area contributed by atoms with Gasteiger partial charge in [0.25, 0.3) is 0 Å². The normalized spacial score (nSPS) is 10.6.